The van der Waals surface area contributed by atoms with E-state index in [2.05, 4.69) is 50.8 Å². The lowest BCUT2D eigenvalue weighted by Gasteiger charge is -2.26. The normalized spacial score (nSPS) is 14.1. The number of carbonyl (C=O) groups is 1. The van der Waals surface area contributed by atoms with Crippen LogP contribution in [0.3, 0.4) is 0 Å². The first-order valence-electron chi connectivity index (χ1n) is 11.7. The summed E-state index contributed by atoms with van der Waals surface area (Å²) >= 11 is 0. The molecule has 172 valence electrons. The van der Waals surface area contributed by atoms with Gasteiger partial charge in [-0.25, -0.2) is 0 Å². The van der Waals surface area contributed by atoms with Crippen molar-refractivity contribution in [2.45, 2.75) is 19.3 Å². The number of hydrogen-bond acceptors (Lipinski definition) is 5. The van der Waals surface area contributed by atoms with E-state index < -0.39 is 0 Å². The minimum Gasteiger partial charge on any atom is -0.379 e. The third kappa shape index (κ3) is 7.41. The first kappa shape index (κ1) is 23.0. The molecule has 1 aliphatic rings. The second kappa shape index (κ2) is 12.1. The van der Waals surface area contributed by atoms with E-state index in [9.17, 15) is 4.79 Å². The standard InChI is InChI=1S/C27H32N4O2/c32-27(29-12-3-15-31-16-18-33-19-17-31)24-5-2-7-26(21-24)30-25-6-1-4-23(20-25)9-8-22-10-13-28-14-11-22/h1-2,4-7,10-11,13-14,20-21,30H,3,8-9,12,15-19H2,(H,29,32). The Hall–Kier alpha value is -3.22. The SMILES string of the molecule is O=C(NCCCN1CCOCC1)c1cccc(Nc2cccc(CCc3ccncc3)c2)c1. The molecule has 2 aromatic carbocycles. The van der Waals surface area contributed by atoms with Gasteiger partial charge in [0.1, 0.15) is 0 Å². The van der Waals surface area contributed by atoms with Gasteiger partial charge in [-0.1, -0.05) is 18.2 Å². The summed E-state index contributed by atoms with van der Waals surface area (Å²) in [6.45, 7) is 5.23. The average molecular weight is 445 g/mol. The van der Waals surface area contributed by atoms with Crippen LogP contribution in [0.2, 0.25) is 0 Å². The maximum absolute atomic E-state index is 12.6. The minimum absolute atomic E-state index is 0.0354. The minimum atomic E-state index is -0.0354. The van der Waals surface area contributed by atoms with Gasteiger partial charge in [0.2, 0.25) is 0 Å². The van der Waals surface area contributed by atoms with Crippen molar-refractivity contribution < 1.29 is 9.53 Å². The van der Waals surface area contributed by atoms with Crippen molar-refractivity contribution >= 4 is 17.3 Å². The lowest BCUT2D eigenvalue weighted by atomic mass is 10.0. The van der Waals surface area contributed by atoms with Crippen LogP contribution >= 0.6 is 0 Å². The molecule has 1 amide bonds. The fraction of sp³-hybridized carbons (Fsp3) is 0.333. The van der Waals surface area contributed by atoms with E-state index in [4.69, 9.17) is 4.74 Å². The number of aromatic nitrogens is 1. The molecule has 6 heteroatoms. The Balaban J connectivity index is 1.27. The Kier molecular flexibility index (Phi) is 8.44. The predicted octanol–water partition coefficient (Wildman–Crippen LogP) is 4.06. The van der Waals surface area contributed by atoms with E-state index in [0.29, 0.717) is 12.1 Å². The van der Waals surface area contributed by atoms with Crippen molar-refractivity contribution in [3.05, 3.63) is 89.7 Å². The number of benzene rings is 2. The van der Waals surface area contributed by atoms with E-state index in [0.717, 1.165) is 63.5 Å². The van der Waals surface area contributed by atoms with Gasteiger partial charge in [0.15, 0.2) is 0 Å². The summed E-state index contributed by atoms with van der Waals surface area (Å²) < 4.78 is 5.37. The summed E-state index contributed by atoms with van der Waals surface area (Å²) in [5.41, 5.74) is 5.14. The van der Waals surface area contributed by atoms with Crippen LogP contribution in [0.25, 0.3) is 0 Å². The molecule has 1 aromatic heterocycles. The number of hydrogen-bond donors (Lipinski definition) is 2. The number of ether oxygens (including phenoxy) is 1. The molecule has 4 rings (SSSR count). The van der Waals surface area contributed by atoms with Crippen LogP contribution in [0.4, 0.5) is 11.4 Å². The van der Waals surface area contributed by atoms with Crippen molar-refractivity contribution in [3.8, 4) is 0 Å². The fourth-order valence-electron chi connectivity index (χ4n) is 3.98. The lowest BCUT2D eigenvalue weighted by Crippen LogP contribution is -2.38. The molecule has 3 aromatic rings. The summed E-state index contributed by atoms with van der Waals surface area (Å²) in [4.78, 5) is 19.1. The highest BCUT2D eigenvalue weighted by Gasteiger charge is 2.10. The van der Waals surface area contributed by atoms with Gasteiger partial charge in [0.25, 0.3) is 5.91 Å². The molecular formula is C27H32N4O2. The molecule has 0 bridgehead atoms. The molecule has 33 heavy (non-hydrogen) atoms. The summed E-state index contributed by atoms with van der Waals surface area (Å²) in [6, 6.07) is 20.2. The van der Waals surface area contributed by atoms with Crippen LogP contribution < -0.4 is 10.6 Å². The van der Waals surface area contributed by atoms with Gasteiger partial charge in [0.05, 0.1) is 13.2 Å². The maximum atomic E-state index is 12.6. The van der Waals surface area contributed by atoms with Crippen LogP contribution in [0, 0.1) is 0 Å². The zero-order chi connectivity index (χ0) is 22.7. The van der Waals surface area contributed by atoms with Crippen molar-refractivity contribution in [3.63, 3.8) is 0 Å². The third-order valence-corrected chi connectivity index (χ3v) is 5.83. The molecule has 0 radical (unpaired) electrons. The largest absolute Gasteiger partial charge is 0.379 e. The Morgan fingerprint density at radius 3 is 2.45 bits per heavy atom. The summed E-state index contributed by atoms with van der Waals surface area (Å²) in [6.07, 6.45) is 6.55. The summed E-state index contributed by atoms with van der Waals surface area (Å²) in [7, 11) is 0. The fourth-order valence-corrected chi connectivity index (χ4v) is 3.98. The number of nitrogens with one attached hydrogen (secondary N) is 2. The number of aryl methyl sites for hydroxylation is 2. The van der Waals surface area contributed by atoms with E-state index >= 15 is 0 Å². The van der Waals surface area contributed by atoms with Gasteiger partial charge in [-0.2, -0.15) is 0 Å². The molecule has 2 N–H and O–H groups in total. The molecule has 6 nitrogen and oxygen atoms in total. The number of anilines is 2. The van der Waals surface area contributed by atoms with Crippen LogP contribution in [0.15, 0.2) is 73.1 Å². The molecule has 0 saturated carbocycles. The van der Waals surface area contributed by atoms with Gasteiger partial charge in [-0.05, 0) is 79.4 Å². The Morgan fingerprint density at radius 1 is 0.909 bits per heavy atom. The van der Waals surface area contributed by atoms with Crippen LogP contribution in [-0.4, -0.2) is 55.2 Å². The maximum Gasteiger partial charge on any atom is 0.251 e. The molecule has 2 heterocycles. The van der Waals surface area contributed by atoms with Crippen molar-refractivity contribution in [2.75, 3.05) is 44.7 Å². The monoisotopic (exact) mass is 444 g/mol. The van der Waals surface area contributed by atoms with Crippen LogP contribution in [-0.2, 0) is 17.6 Å². The second-order valence-corrected chi connectivity index (χ2v) is 8.33. The molecule has 1 aliphatic heterocycles. The van der Waals surface area contributed by atoms with Crippen LogP contribution in [0.1, 0.15) is 27.9 Å². The third-order valence-electron chi connectivity index (χ3n) is 5.83. The predicted molar refractivity (Wildman–Crippen MR) is 132 cm³/mol. The average Bonchev–Trinajstić information content (AvgIpc) is 2.87. The summed E-state index contributed by atoms with van der Waals surface area (Å²) in [5.74, 6) is -0.0354. The zero-order valence-electron chi connectivity index (χ0n) is 19.0. The summed E-state index contributed by atoms with van der Waals surface area (Å²) in [5, 5.41) is 6.48. The van der Waals surface area contributed by atoms with Gasteiger partial charge >= 0.3 is 0 Å². The molecule has 0 atom stereocenters. The van der Waals surface area contributed by atoms with Gasteiger partial charge in [-0.3, -0.25) is 14.7 Å². The smallest absolute Gasteiger partial charge is 0.251 e. The first-order valence-corrected chi connectivity index (χ1v) is 11.7. The Labute approximate surface area is 196 Å². The zero-order valence-corrected chi connectivity index (χ0v) is 19.0. The van der Waals surface area contributed by atoms with Crippen molar-refractivity contribution in [2.24, 2.45) is 0 Å². The number of amides is 1. The highest BCUT2D eigenvalue weighted by Crippen LogP contribution is 2.20. The van der Waals surface area contributed by atoms with Crippen molar-refractivity contribution in [1.82, 2.24) is 15.2 Å². The van der Waals surface area contributed by atoms with Crippen LogP contribution in [0.5, 0.6) is 0 Å². The van der Waals surface area contributed by atoms with Gasteiger partial charge < -0.3 is 15.4 Å². The van der Waals surface area contributed by atoms with Gasteiger partial charge in [-0.15, -0.1) is 0 Å². The molecule has 0 unspecified atom stereocenters. The number of rotatable bonds is 10. The number of pyridine rings is 1. The van der Waals surface area contributed by atoms with E-state index in [1.807, 2.05) is 42.7 Å². The highest BCUT2D eigenvalue weighted by atomic mass is 16.5. The quantitative estimate of drug-likeness (QED) is 0.462. The Bertz CT molecular complexity index is 1020. The van der Waals surface area contributed by atoms with E-state index in [1.165, 1.54) is 11.1 Å². The van der Waals surface area contributed by atoms with E-state index in [1.54, 1.807) is 0 Å². The molecular weight excluding hydrogens is 412 g/mol. The first-order chi connectivity index (χ1) is 16.3. The number of morpholine rings is 1. The Morgan fingerprint density at radius 2 is 1.64 bits per heavy atom. The topological polar surface area (TPSA) is 66.5 Å². The number of carbonyl (C=O) groups excluding carboxylic acids is 1. The van der Waals surface area contributed by atoms with Gasteiger partial charge in [0, 0.05) is 49.0 Å². The molecule has 0 spiro atoms. The molecule has 1 fully saturated rings. The van der Waals surface area contributed by atoms with E-state index in [-0.39, 0.29) is 5.91 Å². The number of nitrogens with zero attached hydrogens (tertiary/aromatic N) is 2. The second-order valence-electron chi connectivity index (χ2n) is 8.33. The lowest BCUT2D eigenvalue weighted by molar-refractivity contribution is 0.0374. The van der Waals surface area contributed by atoms with Crippen molar-refractivity contribution in [1.29, 1.82) is 0 Å². The molecule has 0 aliphatic carbocycles. The highest BCUT2D eigenvalue weighted by molar-refractivity contribution is 5.95. The molecule has 1 saturated heterocycles.